The molecule has 2 aromatic heterocycles. The minimum atomic E-state index is -2.68. The molecule has 1 N–H and O–H groups in total. The van der Waals surface area contributed by atoms with Crippen LogP contribution in [0.25, 0.3) is 10.4 Å². The normalized spacial score (nSPS) is 15.8. The maximum Gasteiger partial charge on any atom is 0.259 e. The number of thioether (sulfide) groups is 1. The number of halogens is 2. The highest BCUT2D eigenvalue weighted by molar-refractivity contribution is 7.98. The van der Waals surface area contributed by atoms with E-state index in [1.807, 2.05) is 60.7 Å². The van der Waals surface area contributed by atoms with Crippen molar-refractivity contribution in [2.75, 3.05) is 29.6 Å². The topological polar surface area (TPSA) is 45.2 Å². The molecule has 1 saturated heterocycles. The average molecular weight is 488 g/mol. The van der Waals surface area contributed by atoms with Gasteiger partial charge >= 0.3 is 0 Å². The molecular weight excluding hydrogens is 460 g/mol. The summed E-state index contributed by atoms with van der Waals surface area (Å²) in [4.78, 5) is 22.2. The van der Waals surface area contributed by atoms with E-state index in [0.717, 1.165) is 26.5 Å². The summed E-state index contributed by atoms with van der Waals surface area (Å²) in [5, 5.41) is 5.02. The molecule has 8 heteroatoms. The van der Waals surface area contributed by atoms with E-state index in [1.54, 1.807) is 29.3 Å². The minimum Gasteiger partial charge on any atom is -0.356 e. The van der Waals surface area contributed by atoms with E-state index >= 15 is 0 Å². The van der Waals surface area contributed by atoms with Crippen LogP contribution in [0.15, 0.2) is 46.8 Å². The van der Waals surface area contributed by atoms with Gasteiger partial charge in [-0.3, -0.25) is 4.79 Å². The van der Waals surface area contributed by atoms with Gasteiger partial charge in [-0.15, -0.1) is 23.1 Å². The van der Waals surface area contributed by atoms with E-state index < -0.39 is 5.92 Å². The Morgan fingerprint density at radius 1 is 1.21 bits per heavy atom. The molecule has 174 valence electrons. The van der Waals surface area contributed by atoms with Crippen LogP contribution in [-0.2, 0) is 0 Å². The van der Waals surface area contributed by atoms with Crippen LogP contribution in [0.1, 0.15) is 40.7 Å². The Hall–Kier alpha value is -2.45. The Balaban J connectivity index is 1.77. The third-order valence-electron chi connectivity index (χ3n) is 6.00. The smallest absolute Gasteiger partial charge is 0.259 e. The summed E-state index contributed by atoms with van der Waals surface area (Å²) in [5.74, 6) is -2.49. The standard InChI is InChI=1S/C25H27F2N3OS2/c1-16-8-13-33-22(16)20-15-28-23(30-11-5-9-25(26,27)10-12-30)21(17(20)2)24(31)29-18-6-4-7-19(14-18)32-3/h4,6-8,13-15H,5,9-12H2,1-3H3,(H,29,31). The number of hydrogen-bond donors (Lipinski definition) is 1. The van der Waals surface area contributed by atoms with Gasteiger partial charge in [0, 0.05) is 53.2 Å². The molecule has 0 unspecified atom stereocenters. The number of hydrogen-bond acceptors (Lipinski definition) is 5. The van der Waals surface area contributed by atoms with Crippen molar-refractivity contribution >= 4 is 40.5 Å². The largest absolute Gasteiger partial charge is 0.356 e. The molecule has 0 bridgehead atoms. The Labute approximate surface area is 201 Å². The number of aromatic nitrogens is 1. The summed E-state index contributed by atoms with van der Waals surface area (Å²) in [6, 6.07) is 9.69. The van der Waals surface area contributed by atoms with Crippen LogP contribution in [0.5, 0.6) is 0 Å². The highest BCUT2D eigenvalue weighted by Gasteiger charge is 2.33. The Morgan fingerprint density at radius 3 is 2.76 bits per heavy atom. The van der Waals surface area contributed by atoms with Crippen LogP contribution in [0.3, 0.4) is 0 Å². The van der Waals surface area contributed by atoms with Crippen LogP contribution in [0.2, 0.25) is 0 Å². The Morgan fingerprint density at radius 2 is 2.03 bits per heavy atom. The zero-order valence-electron chi connectivity index (χ0n) is 19.0. The molecule has 33 heavy (non-hydrogen) atoms. The van der Waals surface area contributed by atoms with E-state index in [4.69, 9.17) is 0 Å². The van der Waals surface area contributed by atoms with Crippen molar-refractivity contribution in [3.63, 3.8) is 0 Å². The second-order valence-electron chi connectivity index (χ2n) is 8.31. The summed E-state index contributed by atoms with van der Waals surface area (Å²) in [6.07, 6.45) is 3.73. The molecule has 1 aliphatic rings. The molecule has 1 aliphatic heterocycles. The molecule has 1 aromatic carbocycles. The van der Waals surface area contributed by atoms with Crippen molar-refractivity contribution in [3.05, 3.63) is 58.6 Å². The molecule has 0 saturated carbocycles. The molecular formula is C25H27F2N3OS2. The van der Waals surface area contributed by atoms with Crippen LogP contribution >= 0.6 is 23.1 Å². The van der Waals surface area contributed by atoms with Crippen LogP contribution in [-0.4, -0.2) is 36.2 Å². The first-order valence-corrected chi connectivity index (χ1v) is 13.0. The van der Waals surface area contributed by atoms with Gasteiger partial charge in [-0.25, -0.2) is 13.8 Å². The second-order valence-corrected chi connectivity index (χ2v) is 10.1. The predicted octanol–water partition coefficient (Wildman–Crippen LogP) is 7.03. The summed E-state index contributed by atoms with van der Waals surface area (Å²) >= 11 is 3.20. The summed E-state index contributed by atoms with van der Waals surface area (Å²) < 4.78 is 28.0. The van der Waals surface area contributed by atoms with E-state index in [0.29, 0.717) is 30.0 Å². The maximum absolute atomic E-state index is 14.0. The highest BCUT2D eigenvalue weighted by Crippen LogP contribution is 2.37. The number of rotatable bonds is 5. The monoisotopic (exact) mass is 487 g/mol. The molecule has 0 radical (unpaired) electrons. The van der Waals surface area contributed by atoms with Crippen LogP contribution in [0.4, 0.5) is 20.3 Å². The number of nitrogens with one attached hydrogen (secondary N) is 1. The predicted molar refractivity (Wildman–Crippen MR) is 134 cm³/mol. The van der Waals surface area contributed by atoms with Gasteiger partial charge in [0.15, 0.2) is 0 Å². The molecule has 4 nitrogen and oxygen atoms in total. The van der Waals surface area contributed by atoms with Gasteiger partial charge in [-0.2, -0.15) is 0 Å². The van der Waals surface area contributed by atoms with Gasteiger partial charge in [-0.05, 0) is 67.3 Å². The number of carbonyl (C=O) groups is 1. The Bertz CT molecular complexity index is 1160. The SMILES string of the molecule is CSc1cccc(NC(=O)c2c(N3CCCC(F)(F)CC3)ncc(-c3sccc3C)c2C)c1. The third-order valence-corrected chi connectivity index (χ3v) is 7.77. The van der Waals surface area contributed by atoms with Crippen molar-refractivity contribution in [2.24, 2.45) is 0 Å². The number of benzene rings is 1. The second kappa shape index (κ2) is 9.81. The van der Waals surface area contributed by atoms with Crippen LogP contribution in [0, 0.1) is 13.8 Å². The lowest BCUT2D eigenvalue weighted by molar-refractivity contribution is -0.0102. The lowest BCUT2D eigenvalue weighted by Gasteiger charge is -2.26. The van der Waals surface area contributed by atoms with Gasteiger partial charge in [0.05, 0.1) is 5.56 Å². The van der Waals surface area contributed by atoms with E-state index in [-0.39, 0.29) is 25.3 Å². The molecule has 4 rings (SSSR count). The van der Waals surface area contributed by atoms with Crippen LogP contribution < -0.4 is 10.2 Å². The van der Waals surface area contributed by atoms with E-state index in [2.05, 4.69) is 10.3 Å². The molecule has 0 atom stereocenters. The van der Waals surface area contributed by atoms with Gasteiger partial charge in [-0.1, -0.05) is 6.07 Å². The number of thiophene rings is 1. The van der Waals surface area contributed by atoms with Crippen molar-refractivity contribution in [2.45, 2.75) is 43.9 Å². The average Bonchev–Trinajstić information content (AvgIpc) is 3.12. The van der Waals surface area contributed by atoms with E-state index in [9.17, 15) is 13.6 Å². The fourth-order valence-corrected chi connectivity index (χ4v) is 5.60. The fourth-order valence-electron chi connectivity index (χ4n) is 4.15. The molecule has 0 spiro atoms. The zero-order valence-corrected chi connectivity index (χ0v) is 20.6. The number of alkyl halides is 2. The van der Waals surface area contributed by atoms with E-state index in [1.165, 1.54) is 0 Å². The molecule has 0 aliphatic carbocycles. The summed E-state index contributed by atoms with van der Waals surface area (Å²) in [5.41, 5.74) is 3.96. The quantitative estimate of drug-likeness (QED) is 0.393. The van der Waals surface area contributed by atoms with Gasteiger partial charge in [0.1, 0.15) is 5.82 Å². The number of amides is 1. The van der Waals surface area contributed by atoms with Gasteiger partial charge < -0.3 is 10.2 Å². The maximum atomic E-state index is 14.0. The molecule has 3 aromatic rings. The van der Waals surface area contributed by atoms with Gasteiger partial charge in [0.2, 0.25) is 5.92 Å². The fraction of sp³-hybridized carbons (Fsp3) is 0.360. The van der Waals surface area contributed by atoms with Crippen molar-refractivity contribution < 1.29 is 13.6 Å². The molecule has 3 heterocycles. The van der Waals surface area contributed by atoms with Crippen molar-refractivity contribution in [3.8, 4) is 10.4 Å². The van der Waals surface area contributed by atoms with Crippen molar-refractivity contribution in [1.29, 1.82) is 0 Å². The molecule has 1 fully saturated rings. The number of nitrogens with zero attached hydrogens (tertiary/aromatic N) is 2. The lowest BCUT2D eigenvalue weighted by atomic mass is 10.0. The summed E-state index contributed by atoms with van der Waals surface area (Å²) in [7, 11) is 0. The number of pyridine rings is 1. The third kappa shape index (κ3) is 5.22. The van der Waals surface area contributed by atoms with Gasteiger partial charge in [0.25, 0.3) is 5.91 Å². The number of carbonyl (C=O) groups excluding carboxylic acids is 1. The minimum absolute atomic E-state index is 0.141. The Kier molecular flexibility index (Phi) is 7.05. The molecule has 1 amide bonds. The summed E-state index contributed by atoms with van der Waals surface area (Å²) in [6.45, 7) is 4.56. The number of aryl methyl sites for hydroxylation is 1. The highest BCUT2D eigenvalue weighted by atomic mass is 32.2. The zero-order chi connectivity index (χ0) is 23.6. The first-order valence-electron chi connectivity index (χ1n) is 10.9. The number of anilines is 2. The first kappa shape index (κ1) is 23.7. The van der Waals surface area contributed by atoms with Crippen molar-refractivity contribution in [1.82, 2.24) is 4.98 Å². The lowest BCUT2D eigenvalue weighted by Crippen LogP contribution is -2.30. The first-order chi connectivity index (χ1) is 15.8.